The van der Waals surface area contributed by atoms with Gasteiger partial charge in [0.25, 0.3) is 0 Å². The maximum absolute atomic E-state index is 6.19. The molecule has 1 unspecified atom stereocenters. The lowest BCUT2D eigenvalue weighted by atomic mass is 10.1. The number of nitrogens with zero attached hydrogens (tertiary/aromatic N) is 4. The van der Waals surface area contributed by atoms with E-state index in [2.05, 4.69) is 23.2 Å². The topological polar surface area (TPSA) is 61.7 Å². The van der Waals surface area contributed by atoms with E-state index in [-0.39, 0.29) is 6.04 Å². The van der Waals surface area contributed by atoms with Gasteiger partial charge in [-0.15, -0.1) is 0 Å². The molecule has 0 aliphatic rings. The minimum absolute atomic E-state index is 0.0393. The van der Waals surface area contributed by atoms with Crippen molar-refractivity contribution in [2.45, 2.75) is 25.8 Å². The normalized spacial score (nSPS) is 12.9. The molecule has 0 amide bonds. The van der Waals surface area contributed by atoms with Gasteiger partial charge in [0.15, 0.2) is 0 Å². The van der Waals surface area contributed by atoms with Crippen LogP contribution < -0.4 is 5.73 Å². The van der Waals surface area contributed by atoms with E-state index in [4.69, 9.17) is 5.73 Å². The molecule has 5 heteroatoms. The zero-order chi connectivity index (χ0) is 12.4. The van der Waals surface area contributed by atoms with Gasteiger partial charge in [0.1, 0.15) is 0 Å². The van der Waals surface area contributed by atoms with Crippen molar-refractivity contribution in [2.75, 3.05) is 0 Å². The van der Waals surface area contributed by atoms with Crippen LogP contribution in [0.4, 0.5) is 0 Å². The third-order valence-electron chi connectivity index (χ3n) is 3.06. The molecule has 17 heavy (non-hydrogen) atoms. The van der Waals surface area contributed by atoms with E-state index in [0.29, 0.717) is 0 Å². The number of aromatic nitrogens is 4. The Morgan fingerprint density at radius 1 is 1.35 bits per heavy atom. The van der Waals surface area contributed by atoms with Crippen molar-refractivity contribution in [3.8, 4) is 0 Å². The summed E-state index contributed by atoms with van der Waals surface area (Å²) in [4.78, 5) is 0. The number of hydrogen-bond acceptors (Lipinski definition) is 3. The van der Waals surface area contributed by atoms with Crippen molar-refractivity contribution in [3.63, 3.8) is 0 Å². The second kappa shape index (κ2) is 4.71. The molecule has 92 valence electrons. The predicted octanol–water partition coefficient (Wildman–Crippen LogP) is 0.958. The van der Waals surface area contributed by atoms with Crippen LogP contribution in [-0.4, -0.2) is 19.6 Å². The SMILES string of the molecule is CCc1cc(CC(N)c2ccnn2C)n(C)n1. The van der Waals surface area contributed by atoms with Gasteiger partial charge in [-0.05, 0) is 18.6 Å². The van der Waals surface area contributed by atoms with Crippen LogP contribution in [-0.2, 0) is 26.9 Å². The van der Waals surface area contributed by atoms with Gasteiger partial charge >= 0.3 is 0 Å². The van der Waals surface area contributed by atoms with Crippen LogP contribution in [0.1, 0.15) is 30.0 Å². The van der Waals surface area contributed by atoms with Gasteiger partial charge in [-0.25, -0.2) is 0 Å². The van der Waals surface area contributed by atoms with Crippen LogP contribution in [0, 0.1) is 0 Å². The molecule has 2 heterocycles. The fourth-order valence-corrected chi connectivity index (χ4v) is 2.01. The van der Waals surface area contributed by atoms with Crippen molar-refractivity contribution in [1.82, 2.24) is 19.6 Å². The minimum Gasteiger partial charge on any atom is -0.322 e. The van der Waals surface area contributed by atoms with E-state index < -0.39 is 0 Å². The molecule has 1 atom stereocenters. The average molecular weight is 233 g/mol. The van der Waals surface area contributed by atoms with Crippen molar-refractivity contribution in [1.29, 1.82) is 0 Å². The lowest BCUT2D eigenvalue weighted by Gasteiger charge is -2.11. The Bertz CT molecular complexity index is 497. The first-order valence-electron chi connectivity index (χ1n) is 5.87. The molecule has 0 aliphatic heterocycles. The smallest absolute Gasteiger partial charge is 0.0624 e. The molecule has 0 saturated carbocycles. The standard InChI is InChI=1S/C12H19N5/c1-4-9-7-10(16(2)15-9)8-11(13)12-5-6-14-17(12)3/h5-7,11H,4,8,13H2,1-3H3. The molecule has 0 radical (unpaired) electrons. The largest absolute Gasteiger partial charge is 0.322 e. The summed E-state index contributed by atoms with van der Waals surface area (Å²) >= 11 is 0. The summed E-state index contributed by atoms with van der Waals surface area (Å²) in [6, 6.07) is 4.04. The highest BCUT2D eigenvalue weighted by molar-refractivity contribution is 5.15. The summed E-state index contributed by atoms with van der Waals surface area (Å²) in [7, 11) is 3.88. The number of nitrogens with two attached hydrogens (primary N) is 1. The van der Waals surface area contributed by atoms with Crippen molar-refractivity contribution < 1.29 is 0 Å². The number of hydrogen-bond donors (Lipinski definition) is 1. The van der Waals surface area contributed by atoms with Gasteiger partial charge in [-0.3, -0.25) is 9.36 Å². The van der Waals surface area contributed by atoms with Crippen LogP contribution in [0.2, 0.25) is 0 Å². The van der Waals surface area contributed by atoms with E-state index in [0.717, 1.165) is 29.9 Å². The fourth-order valence-electron chi connectivity index (χ4n) is 2.01. The summed E-state index contributed by atoms with van der Waals surface area (Å²) in [6.45, 7) is 2.10. The molecular formula is C12H19N5. The number of rotatable bonds is 4. The quantitative estimate of drug-likeness (QED) is 0.855. The van der Waals surface area contributed by atoms with Gasteiger partial charge in [0.2, 0.25) is 0 Å². The Balaban J connectivity index is 2.15. The van der Waals surface area contributed by atoms with E-state index in [1.807, 2.05) is 29.5 Å². The first-order valence-corrected chi connectivity index (χ1v) is 5.87. The predicted molar refractivity (Wildman–Crippen MR) is 66.4 cm³/mol. The Hall–Kier alpha value is -1.62. The van der Waals surface area contributed by atoms with Gasteiger partial charge in [0.05, 0.1) is 17.4 Å². The zero-order valence-electron chi connectivity index (χ0n) is 10.6. The Labute approximate surface area is 101 Å². The van der Waals surface area contributed by atoms with Crippen LogP contribution in [0.5, 0.6) is 0 Å². The van der Waals surface area contributed by atoms with Gasteiger partial charge < -0.3 is 5.73 Å². The second-order valence-electron chi connectivity index (χ2n) is 4.29. The minimum atomic E-state index is -0.0393. The van der Waals surface area contributed by atoms with Crippen molar-refractivity contribution >= 4 is 0 Å². The monoisotopic (exact) mass is 233 g/mol. The first-order chi connectivity index (χ1) is 8.11. The summed E-state index contributed by atoms with van der Waals surface area (Å²) < 4.78 is 3.73. The molecule has 5 nitrogen and oxygen atoms in total. The molecule has 2 rings (SSSR count). The maximum Gasteiger partial charge on any atom is 0.0624 e. The van der Waals surface area contributed by atoms with Crippen molar-refractivity contribution in [2.24, 2.45) is 19.8 Å². The summed E-state index contributed by atoms with van der Waals surface area (Å²) in [5.41, 5.74) is 9.51. The first kappa shape index (κ1) is 11.9. The number of aryl methyl sites for hydroxylation is 3. The highest BCUT2D eigenvalue weighted by Gasteiger charge is 2.13. The van der Waals surface area contributed by atoms with E-state index in [1.165, 1.54) is 0 Å². The van der Waals surface area contributed by atoms with E-state index in [1.54, 1.807) is 6.20 Å². The van der Waals surface area contributed by atoms with Crippen LogP contribution in [0.3, 0.4) is 0 Å². The van der Waals surface area contributed by atoms with Gasteiger partial charge in [0, 0.05) is 32.4 Å². The van der Waals surface area contributed by atoms with Crippen LogP contribution >= 0.6 is 0 Å². The third kappa shape index (κ3) is 2.39. The van der Waals surface area contributed by atoms with Gasteiger partial charge in [-0.1, -0.05) is 6.92 Å². The molecule has 0 saturated heterocycles. The summed E-state index contributed by atoms with van der Waals surface area (Å²) in [6.07, 6.45) is 3.51. The molecule has 2 aromatic rings. The third-order valence-corrected chi connectivity index (χ3v) is 3.06. The Morgan fingerprint density at radius 3 is 2.65 bits per heavy atom. The Kier molecular flexibility index (Phi) is 3.28. The molecule has 0 bridgehead atoms. The molecule has 2 aromatic heterocycles. The lowest BCUT2D eigenvalue weighted by molar-refractivity contribution is 0.588. The summed E-state index contributed by atoms with van der Waals surface area (Å²) in [5, 5.41) is 8.56. The van der Waals surface area contributed by atoms with Gasteiger partial charge in [-0.2, -0.15) is 10.2 Å². The molecule has 0 spiro atoms. The molecular weight excluding hydrogens is 214 g/mol. The second-order valence-corrected chi connectivity index (χ2v) is 4.29. The molecule has 0 aliphatic carbocycles. The highest BCUT2D eigenvalue weighted by atomic mass is 15.3. The maximum atomic E-state index is 6.19. The zero-order valence-corrected chi connectivity index (χ0v) is 10.6. The summed E-state index contributed by atoms with van der Waals surface area (Å²) in [5.74, 6) is 0. The molecule has 0 fully saturated rings. The van der Waals surface area contributed by atoms with Crippen LogP contribution in [0.25, 0.3) is 0 Å². The van der Waals surface area contributed by atoms with E-state index >= 15 is 0 Å². The average Bonchev–Trinajstić information content (AvgIpc) is 2.86. The Morgan fingerprint density at radius 2 is 2.12 bits per heavy atom. The van der Waals surface area contributed by atoms with Crippen molar-refractivity contribution in [3.05, 3.63) is 35.4 Å². The van der Waals surface area contributed by atoms with Crippen LogP contribution in [0.15, 0.2) is 18.3 Å². The lowest BCUT2D eigenvalue weighted by Crippen LogP contribution is -2.18. The fraction of sp³-hybridized carbons (Fsp3) is 0.500. The van der Waals surface area contributed by atoms with E-state index in [9.17, 15) is 0 Å². The highest BCUT2D eigenvalue weighted by Crippen LogP contribution is 2.15. The molecule has 2 N–H and O–H groups in total. The molecule has 0 aromatic carbocycles.